The molecule has 94 valence electrons. The number of aryl methyl sites for hydroxylation is 1. The van der Waals surface area contributed by atoms with Gasteiger partial charge in [-0.3, -0.25) is 0 Å². The van der Waals surface area contributed by atoms with Crippen LogP contribution in [0.5, 0.6) is 0 Å². The van der Waals surface area contributed by atoms with E-state index >= 15 is 0 Å². The van der Waals surface area contributed by atoms with Gasteiger partial charge in [0.05, 0.1) is 0 Å². The number of nitrogens with two attached hydrogens (primary N) is 1. The first-order valence-electron chi connectivity index (χ1n) is 6.85. The molecular weight excluding hydrogens is 208 g/mol. The van der Waals surface area contributed by atoms with Crippen LogP contribution in [0, 0.1) is 6.92 Å². The van der Waals surface area contributed by atoms with Gasteiger partial charge in [-0.25, -0.2) is 0 Å². The van der Waals surface area contributed by atoms with Crippen LogP contribution in [-0.2, 0) is 0 Å². The number of nitrogens with zero attached hydrogens (tertiary/aromatic N) is 1. The van der Waals surface area contributed by atoms with Crippen molar-refractivity contribution in [3.05, 3.63) is 23.8 Å². The SMILES string of the molecule is CCCC1CCCCN1c1ccc(C)c(N)c1. The maximum atomic E-state index is 6.02. The largest absolute Gasteiger partial charge is 0.398 e. The van der Waals surface area contributed by atoms with E-state index in [0.717, 1.165) is 11.7 Å². The molecule has 0 radical (unpaired) electrons. The standard InChI is InChI=1S/C15H24N2/c1-3-6-13-7-4-5-10-17(13)14-9-8-12(2)15(16)11-14/h8-9,11,13H,3-7,10,16H2,1-2H3. The Balaban J connectivity index is 2.20. The Morgan fingerprint density at radius 3 is 2.88 bits per heavy atom. The minimum Gasteiger partial charge on any atom is -0.398 e. The van der Waals surface area contributed by atoms with Gasteiger partial charge in [-0.1, -0.05) is 19.4 Å². The molecule has 0 bridgehead atoms. The summed E-state index contributed by atoms with van der Waals surface area (Å²) >= 11 is 0. The molecule has 2 nitrogen and oxygen atoms in total. The molecule has 1 saturated heterocycles. The minimum atomic E-state index is 0.718. The van der Waals surface area contributed by atoms with Crippen LogP contribution >= 0.6 is 0 Å². The average molecular weight is 232 g/mol. The zero-order valence-corrected chi connectivity index (χ0v) is 11.1. The van der Waals surface area contributed by atoms with Gasteiger partial charge >= 0.3 is 0 Å². The monoisotopic (exact) mass is 232 g/mol. The molecule has 1 aliphatic rings. The summed E-state index contributed by atoms with van der Waals surface area (Å²) < 4.78 is 0. The molecule has 1 aromatic rings. The number of anilines is 2. The van der Waals surface area contributed by atoms with Gasteiger partial charge in [0.25, 0.3) is 0 Å². The fourth-order valence-corrected chi connectivity index (χ4v) is 2.78. The van der Waals surface area contributed by atoms with Gasteiger partial charge in [0.1, 0.15) is 0 Å². The minimum absolute atomic E-state index is 0.718. The number of rotatable bonds is 3. The third kappa shape index (κ3) is 2.74. The zero-order valence-electron chi connectivity index (χ0n) is 11.1. The van der Waals surface area contributed by atoms with Gasteiger partial charge in [0, 0.05) is 24.0 Å². The van der Waals surface area contributed by atoms with Crippen molar-refractivity contribution < 1.29 is 0 Å². The fraction of sp³-hybridized carbons (Fsp3) is 0.600. The van der Waals surface area contributed by atoms with Crippen LogP contribution in [0.3, 0.4) is 0 Å². The first kappa shape index (κ1) is 12.3. The molecule has 1 atom stereocenters. The number of piperidine rings is 1. The first-order valence-corrected chi connectivity index (χ1v) is 6.85. The van der Waals surface area contributed by atoms with Crippen LogP contribution in [0.2, 0.25) is 0 Å². The van der Waals surface area contributed by atoms with Gasteiger partial charge < -0.3 is 10.6 Å². The fourth-order valence-electron chi connectivity index (χ4n) is 2.78. The van der Waals surface area contributed by atoms with E-state index in [1.807, 2.05) is 0 Å². The highest BCUT2D eigenvalue weighted by Gasteiger charge is 2.21. The van der Waals surface area contributed by atoms with Crippen molar-refractivity contribution in [3.63, 3.8) is 0 Å². The van der Waals surface area contributed by atoms with Gasteiger partial charge in [0.2, 0.25) is 0 Å². The Labute approximate surface area is 105 Å². The highest BCUT2D eigenvalue weighted by Crippen LogP contribution is 2.29. The Bertz CT molecular complexity index is 371. The highest BCUT2D eigenvalue weighted by molar-refractivity contribution is 5.60. The highest BCUT2D eigenvalue weighted by atomic mass is 15.2. The Hall–Kier alpha value is -1.18. The summed E-state index contributed by atoms with van der Waals surface area (Å²) in [4.78, 5) is 2.56. The summed E-state index contributed by atoms with van der Waals surface area (Å²) in [5.41, 5.74) is 9.43. The summed E-state index contributed by atoms with van der Waals surface area (Å²) in [6.07, 6.45) is 6.59. The molecule has 2 heteroatoms. The topological polar surface area (TPSA) is 29.3 Å². The first-order chi connectivity index (χ1) is 8.22. The van der Waals surface area contributed by atoms with E-state index in [-0.39, 0.29) is 0 Å². The molecule has 17 heavy (non-hydrogen) atoms. The molecule has 1 fully saturated rings. The van der Waals surface area contributed by atoms with Crippen LogP contribution in [0.25, 0.3) is 0 Å². The van der Waals surface area contributed by atoms with E-state index in [1.54, 1.807) is 0 Å². The van der Waals surface area contributed by atoms with E-state index in [4.69, 9.17) is 5.73 Å². The smallest absolute Gasteiger partial charge is 0.0389 e. The van der Waals surface area contributed by atoms with E-state index in [9.17, 15) is 0 Å². The summed E-state index contributed by atoms with van der Waals surface area (Å²) in [5, 5.41) is 0. The van der Waals surface area contributed by atoms with Gasteiger partial charge in [0.15, 0.2) is 0 Å². The van der Waals surface area contributed by atoms with Gasteiger partial charge in [-0.05, 0) is 50.3 Å². The van der Waals surface area contributed by atoms with Crippen molar-refractivity contribution in [2.24, 2.45) is 0 Å². The van der Waals surface area contributed by atoms with Crippen molar-refractivity contribution in [1.82, 2.24) is 0 Å². The Morgan fingerprint density at radius 2 is 2.18 bits per heavy atom. The molecule has 0 spiro atoms. The number of hydrogen-bond donors (Lipinski definition) is 1. The van der Waals surface area contributed by atoms with Crippen molar-refractivity contribution >= 4 is 11.4 Å². The lowest BCUT2D eigenvalue weighted by molar-refractivity contribution is 0.435. The van der Waals surface area contributed by atoms with E-state index in [1.165, 1.54) is 49.9 Å². The lowest BCUT2D eigenvalue weighted by Gasteiger charge is -2.38. The molecule has 2 rings (SSSR count). The molecular formula is C15H24N2. The Kier molecular flexibility index (Phi) is 3.93. The summed E-state index contributed by atoms with van der Waals surface area (Å²) in [5.74, 6) is 0. The second-order valence-electron chi connectivity index (χ2n) is 5.17. The molecule has 2 N–H and O–H groups in total. The summed E-state index contributed by atoms with van der Waals surface area (Å²) in [6.45, 7) is 5.53. The third-order valence-corrected chi connectivity index (χ3v) is 3.84. The van der Waals surface area contributed by atoms with Crippen molar-refractivity contribution in [2.45, 2.75) is 52.0 Å². The van der Waals surface area contributed by atoms with Gasteiger partial charge in [-0.15, -0.1) is 0 Å². The molecule has 1 aromatic carbocycles. The second kappa shape index (κ2) is 5.44. The van der Waals surface area contributed by atoms with E-state index in [0.29, 0.717) is 0 Å². The van der Waals surface area contributed by atoms with Crippen LogP contribution in [0.1, 0.15) is 44.6 Å². The maximum absolute atomic E-state index is 6.02. The molecule has 0 aromatic heterocycles. The normalized spacial score (nSPS) is 20.6. The van der Waals surface area contributed by atoms with Crippen LogP contribution in [0.15, 0.2) is 18.2 Å². The molecule has 1 aliphatic heterocycles. The average Bonchev–Trinajstić information content (AvgIpc) is 2.34. The molecule has 1 unspecified atom stereocenters. The van der Waals surface area contributed by atoms with E-state index < -0.39 is 0 Å². The van der Waals surface area contributed by atoms with Gasteiger partial charge in [-0.2, -0.15) is 0 Å². The number of hydrogen-bond acceptors (Lipinski definition) is 2. The van der Waals surface area contributed by atoms with Crippen LogP contribution in [0.4, 0.5) is 11.4 Å². The van der Waals surface area contributed by atoms with Crippen LogP contribution < -0.4 is 10.6 Å². The summed E-state index contributed by atoms with van der Waals surface area (Å²) in [7, 11) is 0. The maximum Gasteiger partial charge on any atom is 0.0389 e. The molecule has 0 amide bonds. The second-order valence-corrected chi connectivity index (χ2v) is 5.17. The molecule has 0 aliphatic carbocycles. The predicted octanol–water partition coefficient (Wildman–Crippen LogP) is 3.74. The predicted molar refractivity (Wildman–Crippen MR) is 75.5 cm³/mol. The van der Waals surface area contributed by atoms with Crippen molar-refractivity contribution in [1.29, 1.82) is 0 Å². The van der Waals surface area contributed by atoms with Crippen LogP contribution in [-0.4, -0.2) is 12.6 Å². The Morgan fingerprint density at radius 1 is 1.35 bits per heavy atom. The van der Waals surface area contributed by atoms with Crippen molar-refractivity contribution in [2.75, 3.05) is 17.2 Å². The zero-order chi connectivity index (χ0) is 12.3. The van der Waals surface area contributed by atoms with E-state index in [2.05, 4.69) is 36.9 Å². The lowest BCUT2D eigenvalue weighted by Crippen LogP contribution is -2.39. The van der Waals surface area contributed by atoms with Crippen molar-refractivity contribution in [3.8, 4) is 0 Å². The number of benzene rings is 1. The third-order valence-electron chi connectivity index (χ3n) is 3.84. The molecule has 0 saturated carbocycles. The molecule has 1 heterocycles. The lowest BCUT2D eigenvalue weighted by atomic mass is 9.97. The summed E-state index contributed by atoms with van der Waals surface area (Å²) in [6, 6.07) is 7.22. The quantitative estimate of drug-likeness (QED) is 0.804. The number of nitrogen functional groups attached to an aromatic ring is 1.